The van der Waals surface area contributed by atoms with E-state index in [-0.39, 0.29) is 11.5 Å². The minimum atomic E-state index is 0.0958. The number of ketones is 1. The van der Waals surface area contributed by atoms with Crippen molar-refractivity contribution < 1.29 is 9.69 Å². The van der Waals surface area contributed by atoms with Crippen molar-refractivity contribution in [2.75, 3.05) is 31.1 Å². The zero-order valence-electron chi connectivity index (χ0n) is 17.2. The highest BCUT2D eigenvalue weighted by molar-refractivity contribution is 5.94. The van der Waals surface area contributed by atoms with Crippen molar-refractivity contribution in [3.05, 3.63) is 64.6 Å². The predicted molar refractivity (Wildman–Crippen MR) is 116 cm³/mol. The SMILES string of the molecule is CCCn1c(=O)n(C[NH+]2CCN(c3ccc(C(C)=O)cc3)CC2)c2ccccc21. The van der Waals surface area contributed by atoms with E-state index in [2.05, 4.69) is 17.9 Å². The van der Waals surface area contributed by atoms with Crippen molar-refractivity contribution in [3.8, 4) is 0 Å². The summed E-state index contributed by atoms with van der Waals surface area (Å²) < 4.78 is 3.85. The van der Waals surface area contributed by atoms with Gasteiger partial charge in [-0.2, -0.15) is 0 Å². The van der Waals surface area contributed by atoms with E-state index < -0.39 is 0 Å². The fourth-order valence-electron chi connectivity index (χ4n) is 4.23. The van der Waals surface area contributed by atoms with Gasteiger partial charge in [-0.05, 0) is 49.7 Å². The van der Waals surface area contributed by atoms with Crippen molar-refractivity contribution >= 4 is 22.5 Å². The topological polar surface area (TPSA) is 51.7 Å². The summed E-state index contributed by atoms with van der Waals surface area (Å²) >= 11 is 0. The monoisotopic (exact) mass is 393 g/mol. The van der Waals surface area contributed by atoms with Crippen molar-refractivity contribution in [1.82, 2.24) is 9.13 Å². The number of carbonyl (C=O) groups is 1. The van der Waals surface area contributed by atoms with Crippen LogP contribution in [0.3, 0.4) is 0 Å². The molecular weight excluding hydrogens is 364 g/mol. The van der Waals surface area contributed by atoms with Gasteiger partial charge in [-0.25, -0.2) is 9.36 Å². The Morgan fingerprint density at radius 1 is 0.966 bits per heavy atom. The molecule has 2 heterocycles. The van der Waals surface area contributed by atoms with E-state index >= 15 is 0 Å². The van der Waals surface area contributed by atoms with Gasteiger partial charge >= 0.3 is 5.69 Å². The van der Waals surface area contributed by atoms with Crippen LogP contribution in [0.1, 0.15) is 30.6 Å². The van der Waals surface area contributed by atoms with Crippen LogP contribution >= 0.6 is 0 Å². The predicted octanol–water partition coefficient (Wildman–Crippen LogP) is 1.78. The number of nitrogens with one attached hydrogen (secondary N) is 1. The van der Waals surface area contributed by atoms with Gasteiger partial charge in [0.2, 0.25) is 0 Å². The summed E-state index contributed by atoms with van der Waals surface area (Å²) in [6.45, 7) is 9.00. The maximum Gasteiger partial charge on any atom is 0.333 e. The van der Waals surface area contributed by atoms with Crippen LogP contribution < -0.4 is 15.5 Å². The first-order valence-electron chi connectivity index (χ1n) is 10.5. The second-order valence-electron chi connectivity index (χ2n) is 7.85. The van der Waals surface area contributed by atoms with Crippen LogP contribution in [0.5, 0.6) is 0 Å². The summed E-state index contributed by atoms with van der Waals surface area (Å²) in [5, 5.41) is 0. The molecule has 0 unspecified atom stereocenters. The number of carbonyl (C=O) groups excluding carboxylic acids is 1. The van der Waals surface area contributed by atoms with Crippen LogP contribution in [0.2, 0.25) is 0 Å². The highest BCUT2D eigenvalue weighted by atomic mass is 16.2. The molecule has 0 atom stereocenters. The molecule has 0 saturated carbocycles. The summed E-state index contributed by atoms with van der Waals surface area (Å²) in [7, 11) is 0. The smallest absolute Gasteiger partial charge is 0.333 e. The molecule has 1 N–H and O–H groups in total. The van der Waals surface area contributed by atoms with E-state index in [1.807, 2.05) is 51.6 Å². The van der Waals surface area contributed by atoms with Gasteiger partial charge in [0.25, 0.3) is 0 Å². The number of para-hydroxylation sites is 2. The van der Waals surface area contributed by atoms with E-state index in [1.54, 1.807) is 6.92 Å². The number of nitrogens with zero attached hydrogens (tertiary/aromatic N) is 3. The van der Waals surface area contributed by atoms with Gasteiger partial charge in [0.1, 0.15) is 0 Å². The van der Waals surface area contributed by atoms with Gasteiger partial charge in [-0.15, -0.1) is 0 Å². The lowest BCUT2D eigenvalue weighted by Crippen LogP contribution is -3.14. The molecule has 0 aliphatic carbocycles. The maximum absolute atomic E-state index is 13.0. The first-order valence-corrected chi connectivity index (χ1v) is 10.5. The molecule has 1 fully saturated rings. The quantitative estimate of drug-likeness (QED) is 0.650. The average molecular weight is 394 g/mol. The number of hydrogen-bond acceptors (Lipinski definition) is 3. The molecule has 152 valence electrons. The Hall–Kier alpha value is -2.86. The second-order valence-corrected chi connectivity index (χ2v) is 7.85. The highest BCUT2D eigenvalue weighted by Crippen LogP contribution is 2.16. The van der Waals surface area contributed by atoms with Gasteiger partial charge in [-0.1, -0.05) is 19.1 Å². The molecular formula is C23H29N4O2+. The minimum Gasteiger partial charge on any atom is -0.360 e. The third-order valence-corrected chi connectivity index (χ3v) is 5.86. The third kappa shape index (κ3) is 3.85. The number of rotatable bonds is 6. The Morgan fingerprint density at radius 2 is 1.59 bits per heavy atom. The summed E-state index contributed by atoms with van der Waals surface area (Å²) in [6.07, 6.45) is 0.946. The second kappa shape index (κ2) is 8.25. The van der Waals surface area contributed by atoms with E-state index in [0.29, 0.717) is 6.67 Å². The summed E-state index contributed by atoms with van der Waals surface area (Å²) in [6, 6.07) is 16.0. The zero-order chi connectivity index (χ0) is 20.4. The van der Waals surface area contributed by atoms with Gasteiger partial charge in [0, 0.05) is 17.8 Å². The molecule has 6 heteroatoms. The number of quaternary nitrogens is 1. The Balaban J connectivity index is 1.47. The lowest BCUT2D eigenvalue weighted by molar-refractivity contribution is -0.923. The molecule has 0 radical (unpaired) electrons. The number of hydrogen-bond donors (Lipinski definition) is 1. The molecule has 6 nitrogen and oxygen atoms in total. The zero-order valence-corrected chi connectivity index (χ0v) is 17.2. The van der Waals surface area contributed by atoms with Crippen molar-refractivity contribution in [2.24, 2.45) is 0 Å². The average Bonchev–Trinajstić information content (AvgIpc) is 3.01. The molecule has 1 aromatic heterocycles. The number of benzene rings is 2. The minimum absolute atomic E-state index is 0.0958. The highest BCUT2D eigenvalue weighted by Gasteiger charge is 2.23. The van der Waals surface area contributed by atoms with Gasteiger partial charge in [0.15, 0.2) is 12.5 Å². The Kier molecular flexibility index (Phi) is 5.53. The van der Waals surface area contributed by atoms with E-state index in [9.17, 15) is 9.59 Å². The van der Waals surface area contributed by atoms with E-state index in [1.165, 1.54) is 4.90 Å². The van der Waals surface area contributed by atoms with Gasteiger partial charge in [0.05, 0.1) is 37.2 Å². The number of aryl methyl sites for hydroxylation is 1. The molecule has 2 aromatic carbocycles. The number of anilines is 1. The molecule has 1 aliphatic rings. The Bertz CT molecular complexity index is 1060. The number of piperazine rings is 1. The van der Waals surface area contributed by atoms with Crippen LogP contribution in [-0.4, -0.2) is 41.1 Å². The Labute approximate surface area is 171 Å². The number of Topliss-reactive ketones (excluding diaryl/α,β-unsaturated/α-hetero) is 1. The number of aromatic nitrogens is 2. The summed E-state index contributed by atoms with van der Waals surface area (Å²) in [5.74, 6) is 0.0958. The van der Waals surface area contributed by atoms with Gasteiger partial charge in [-0.3, -0.25) is 9.36 Å². The molecule has 1 aliphatic heterocycles. The normalized spacial score (nSPS) is 15.2. The molecule has 1 saturated heterocycles. The fourth-order valence-corrected chi connectivity index (χ4v) is 4.23. The molecule has 0 bridgehead atoms. The van der Waals surface area contributed by atoms with E-state index in [0.717, 1.165) is 61.4 Å². The molecule has 4 rings (SSSR count). The lowest BCUT2D eigenvalue weighted by Gasteiger charge is -2.33. The van der Waals surface area contributed by atoms with Crippen LogP contribution in [0.15, 0.2) is 53.3 Å². The maximum atomic E-state index is 13.0. The fraction of sp³-hybridized carbons (Fsp3) is 0.391. The summed E-state index contributed by atoms with van der Waals surface area (Å²) in [5.41, 5.74) is 4.07. The number of imidazole rings is 1. The standard InChI is InChI=1S/C23H28N4O2/c1-3-12-26-21-6-4-5-7-22(21)27(23(26)29)17-24-13-15-25(16-14-24)20-10-8-19(9-11-20)18(2)28/h4-11H,3,12-17H2,1-2H3/p+1. The largest absolute Gasteiger partial charge is 0.360 e. The van der Waals surface area contributed by atoms with Crippen LogP contribution in [-0.2, 0) is 13.2 Å². The van der Waals surface area contributed by atoms with Crippen LogP contribution in [0.25, 0.3) is 11.0 Å². The molecule has 29 heavy (non-hydrogen) atoms. The Morgan fingerprint density at radius 3 is 2.17 bits per heavy atom. The van der Waals surface area contributed by atoms with Crippen molar-refractivity contribution in [3.63, 3.8) is 0 Å². The van der Waals surface area contributed by atoms with Gasteiger partial charge < -0.3 is 9.80 Å². The molecule has 0 amide bonds. The lowest BCUT2D eigenvalue weighted by atomic mass is 10.1. The molecule has 0 spiro atoms. The van der Waals surface area contributed by atoms with Crippen LogP contribution in [0.4, 0.5) is 5.69 Å². The first kappa shape index (κ1) is 19.5. The van der Waals surface area contributed by atoms with Crippen LogP contribution in [0, 0.1) is 0 Å². The van der Waals surface area contributed by atoms with Crippen molar-refractivity contribution in [1.29, 1.82) is 0 Å². The third-order valence-electron chi connectivity index (χ3n) is 5.86. The van der Waals surface area contributed by atoms with Crippen molar-refractivity contribution in [2.45, 2.75) is 33.5 Å². The first-order chi connectivity index (χ1) is 14.1. The van der Waals surface area contributed by atoms with E-state index in [4.69, 9.17) is 0 Å². The molecule has 3 aromatic rings. The number of fused-ring (bicyclic) bond motifs is 1. The summed E-state index contributed by atoms with van der Waals surface area (Å²) in [4.78, 5) is 28.2.